The van der Waals surface area contributed by atoms with Gasteiger partial charge in [-0.1, -0.05) is 46.3 Å². The van der Waals surface area contributed by atoms with E-state index in [-0.39, 0.29) is 11.7 Å². The maximum absolute atomic E-state index is 13.1. The van der Waals surface area contributed by atoms with Crippen molar-refractivity contribution in [2.24, 2.45) is 0 Å². The topological polar surface area (TPSA) is 42.0 Å². The van der Waals surface area contributed by atoms with Crippen LogP contribution >= 0.6 is 27.7 Å². The Hall–Kier alpha value is -2.70. The maximum atomic E-state index is 13.1. The molecule has 4 aromatic rings. The number of aromatic nitrogens is 1. The van der Waals surface area contributed by atoms with Crippen LogP contribution in [0.5, 0.6) is 0 Å². The van der Waals surface area contributed by atoms with Gasteiger partial charge in [0.2, 0.25) is 0 Å². The molecule has 4 rings (SSSR count). The Morgan fingerprint density at radius 2 is 1.86 bits per heavy atom. The normalized spacial score (nSPS) is 10.8. The van der Waals surface area contributed by atoms with E-state index in [1.165, 1.54) is 23.9 Å². The second kappa shape index (κ2) is 8.76. The molecule has 0 atom stereocenters. The van der Waals surface area contributed by atoms with Crippen molar-refractivity contribution >= 4 is 50.1 Å². The van der Waals surface area contributed by atoms with Crippen LogP contribution in [0.2, 0.25) is 0 Å². The number of thioether (sulfide) groups is 1. The minimum Gasteiger partial charge on any atom is -0.322 e. The maximum Gasteiger partial charge on any atom is 0.258 e. The third-order valence-corrected chi connectivity index (χ3v) is 6.16. The van der Waals surface area contributed by atoms with Gasteiger partial charge in [0, 0.05) is 22.1 Å². The number of fused-ring (bicyclic) bond motifs is 1. The smallest absolute Gasteiger partial charge is 0.258 e. The van der Waals surface area contributed by atoms with Gasteiger partial charge < -0.3 is 5.32 Å². The van der Waals surface area contributed by atoms with E-state index < -0.39 is 0 Å². The third kappa shape index (κ3) is 4.66. The molecular weight excluding hydrogens is 451 g/mol. The van der Waals surface area contributed by atoms with Crippen LogP contribution in [0.15, 0.2) is 88.5 Å². The van der Waals surface area contributed by atoms with Crippen LogP contribution in [0.25, 0.3) is 10.8 Å². The van der Waals surface area contributed by atoms with E-state index in [1.54, 1.807) is 30.5 Å². The molecule has 0 aliphatic heterocycles. The van der Waals surface area contributed by atoms with E-state index in [0.717, 1.165) is 26.5 Å². The highest BCUT2D eigenvalue weighted by Gasteiger charge is 2.13. The second-order valence-corrected chi connectivity index (χ2v) is 8.22. The van der Waals surface area contributed by atoms with Gasteiger partial charge in [-0.05, 0) is 58.8 Å². The lowest BCUT2D eigenvalue weighted by Crippen LogP contribution is -2.13. The van der Waals surface area contributed by atoms with Gasteiger partial charge >= 0.3 is 0 Å². The van der Waals surface area contributed by atoms with Crippen LogP contribution in [0.1, 0.15) is 15.9 Å². The molecule has 6 heteroatoms. The van der Waals surface area contributed by atoms with Crippen LogP contribution < -0.4 is 5.32 Å². The summed E-state index contributed by atoms with van der Waals surface area (Å²) in [7, 11) is 0. The first-order chi connectivity index (χ1) is 14.1. The first-order valence-electron chi connectivity index (χ1n) is 8.92. The van der Waals surface area contributed by atoms with E-state index in [4.69, 9.17) is 0 Å². The summed E-state index contributed by atoms with van der Waals surface area (Å²) < 4.78 is 14.1. The molecule has 1 aromatic heterocycles. The van der Waals surface area contributed by atoms with Gasteiger partial charge in [0.05, 0.1) is 5.56 Å². The van der Waals surface area contributed by atoms with Crippen LogP contribution in [0.4, 0.5) is 10.1 Å². The summed E-state index contributed by atoms with van der Waals surface area (Å²) >= 11 is 4.99. The van der Waals surface area contributed by atoms with Gasteiger partial charge in [-0.3, -0.25) is 4.79 Å². The molecule has 0 radical (unpaired) electrons. The summed E-state index contributed by atoms with van der Waals surface area (Å²) in [6, 6.07) is 21.6. The Bertz CT molecular complexity index is 1180. The monoisotopic (exact) mass is 466 g/mol. The Balaban J connectivity index is 1.52. The molecule has 0 fully saturated rings. The fourth-order valence-corrected chi connectivity index (χ4v) is 4.39. The number of nitrogens with zero attached hydrogens (tertiary/aromatic N) is 1. The van der Waals surface area contributed by atoms with Crippen molar-refractivity contribution in [1.29, 1.82) is 0 Å². The van der Waals surface area contributed by atoms with Crippen LogP contribution in [0.3, 0.4) is 0 Å². The summed E-state index contributed by atoms with van der Waals surface area (Å²) in [6.45, 7) is 0. The van der Waals surface area contributed by atoms with Crippen molar-refractivity contribution in [3.8, 4) is 0 Å². The van der Waals surface area contributed by atoms with Crippen molar-refractivity contribution in [2.75, 3.05) is 5.32 Å². The van der Waals surface area contributed by atoms with Gasteiger partial charge in [0.25, 0.3) is 5.91 Å². The van der Waals surface area contributed by atoms with Crippen LogP contribution in [0, 0.1) is 5.82 Å². The molecule has 3 aromatic carbocycles. The predicted molar refractivity (Wildman–Crippen MR) is 120 cm³/mol. The van der Waals surface area contributed by atoms with Gasteiger partial charge in [0.15, 0.2) is 0 Å². The Morgan fingerprint density at radius 3 is 2.69 bits per heavy atom. The fourth-order valence-electron chi connectivity index (χ4n) is 2.93. The minimum atomic E-state index is -0.265. The van der Waals surface area contributed by atoms with Gasteiger partial charge in [0.1, 0.15) is 10.8 Å². The SMILES string of the molecule is O=C(Nc1ccc2c(Br)cccc2c1)c1cccnc1SCc1ccc(F)cc1. The highest BCUT2D eigenvalue weighted by Crippen LogP contribution is 2.28. The molecule has 0 aliphatic carbocycles. The lowest BCUT2D eigenvalue weighted by molar-refractivity contribution is 0.102. The summed E-state index contributed by atoms with van der Waals surface area (Å²) in [5.41, 5.74) is 2.20. The number of carbonyl (C=O) groups excluding carboxylic acids is 1. The molecule has 0 saturated carbocycles. The zero-order valence-corrected chi connectivity index (χ0v) is 17.6. The summed E-state index contributed by atoms with van der Waals surface area (Å²) in [5.74, 6) is 0.120. The van der Waals surface area contributed by atoms with Crippen molar-refractivity contribution < 1.29 is 9.18 Å². The molecular formula is C23H16BrFN2OS. The Kier molecular flexibility index (Phi) is 5.92. The van der Waals surface area contributed by atoms with Crippen molar-refractivity contribution in [1.82, 2.24) is 4.98 Å². The van der Waals surface area contributed by atoms with Gasteiger partial charge in [-0.2, -0.15) is 0 Å². The zero-order valence-electron chi connectivity index (χ0n) is 15.2. The third-order valence-electron chi connectivity index (χ3n) is 4.39. The molecule has 1 amide bonds. The first kappa shape index (κ1) is 19.6. The number of benzene rings is 3. The molecule has 29 heavy (non-hydrogen) atoms. The lowest BCUT2D eigenvalue weighted by Gasteiger charge is -2.10. The number of nitrogens with one attached hydrogen (secondary N) is 1. The van der Waals surface area contributed by atoms with E-state index in [1.807, 2.05) is 36.4 Å². The van der Waals surface area contributed by atoms with Gasteiger partial charge in [-0.25, -0.2) is 9.37 Å². The number of rotatable bonds is 5. The summed E-state index contributed by atoms with van der Waals surface area (Å²) in [5, 5.41) is 5.72. The largest absolute Gasteiger partial charge is 0.322 e. The average molecular weight is 467 g/mol. The number of halogens is 2. The zero-order chi connectivity index (χ0) is 20.2. The Morgan fingerprint density at radius 1 is 1.03 bits per heavy atom. The summed E-state index contributed by atoms with van der Waals surface area (Å²) in [4.78, 5) is 17.2. The number of hydrogen-bond acceptors (Lipinski definition) is 3. The minimum absolute atomic E-state index is 0.214. The van der Waals surface area contributed by atoms with Crippen molar-refractivity contribution in [3.05, 3.63) is 100 Å². The summed E-state index contributed by atoms with van der Waals surface area (Å²) in [6.07, 6.45) is 1.66. The highest BCUT2D eigenvalue weighted by molar-refractivity contribution is 9.10. The van der Waals surface area contributed by atoms with Crippen molar-refractivity contribution in [3.63, 3.8) is 0 Å². The second-order valence-electron chi connectivity index (χ2n) is 6.40. The van der Waals surface area contributed by atoms with E-state index in [0.29, 0.717) is 16.3 Å². The molecule has 0 spiro atoms. The number of pyridine rings is 1. The molecule has 0 unspecified atom stereocenters. The highest BCUT2D eigenvalue weighted by atomic mass is 79.9. The van der Waals surface area contributed by atoms with E-state index in [2.05, 4.69) is 26.2 Å². The molecule has 0 saturated heterocycles. The molecule has 1 N–H and O–H groups in total. The molecule has 1 heterocycles. The number of hydrogen-bond donors (Lipinski definition) is 1. The number of anilines is 1. The van der Waals surface area contributed by atoms with Crippen LogP contribution in [-0.4, -0.2) is 10.9 Å². The average Bonchev–Trinajstić information content (AvgIpc) is 2.73. The standard InChI is InChI=1S/C23H16BrFN2OS/c24-21-5-1-3-16-13-18(10-11-19(16)21)27-22(28)20-4-2-12-26-23(20)29-14-15-6-8-17(25)9-7-15/h1-13H,14H2,(H,27,28). The lowest BCUT2D eigenvalue weighted by atomic mass is 10.1. The number of amides is 1. The van der Waals surface area contributed by atoms with Crippen LogP contribution in [-0.2, 0) is 5.75 Å². The molecule has 144 valence electrons. The predicted octanol–water partition coefficient (Wildman–Crippen LogP) is 6.68. The van der Waals surface area contributed by atoms with Crippen molar-refractivity contribution in [2.45, 2.75) is 10.8 Å². The molecule has 3 nitrogen and oxygen atoms in total. The van der Waals surface area contributed by atoms with E-state index >= 15 is 0 Å². The fraction of sp³-hybridized carbons (Fsp3) is 0.0435. The first-order valence-corrected chi connectivity index (χ1v) is 10.7. The number of carbonyl (C=O) groups is 1. The Labute approximate surface area is 180 Å². The molecule has 0 bridgehead atoms. The quantitative estimate of drug-likeness (QED) is 0.333. The van der Waals surface area contributed by atoms with E-state index in [9.17, 15) is 9.18 Å². The van der Waals surface area contributed by atoms with Gasteiger partial charge in [-0.15, -0.1) is 11.8 Å². The molecule has 0 aliphatic rings.